The first-order valence-electron chi connectivity index (χ1n) is 37.1. The van der Waals surface area contributed by atoms with Crippen molar-refractivity contribution in [2.75, 3.05) is 72.0 Å². The molecule has 0 spiro atoms. The molecule has 4 aromatic rings. The van der Waals surface area contributed by atoms with Crippen molar-refractivity contribution < 1.29 is 43.2 Å². The molecule has 0 saturated heterocycles. The number of hydrogen-bond acceptors (Lipinski definition) is 12. The van der Waals surface area contributed by atoms with E-state index in [4.69, 9.17) is 22.9 Å². The highest BCUT2D eigenvalue weighted by Crippen LogP contribution is 2.21. The van der Waals surface area contributed by atoms with Crippen LogP contribution in [0.1, 0.15) is 156 Å². The number of rotatable bonds is 49. The van der Waals surface area contributed by atoms with Gasteiger partial charge in [-0.2, -0.15) is 0 Å². The van der Waals surface area contributed by atoms with Crippen molar-refractivity contribution >= 4 is 76.0 Å². The molecule has 0 aliphatic heterocycles. The Morgan fingerprint density at radius 3 is 0.913 bits per heavy atom. The van der Waals surface area contributed by atoms with E-state index in [2.05, 4.69) is 95.0 Å². The van der Waals surface area contributed by atoms with Gasteiger partial charge >= 0.3 is 48.2 Å². The van der Waals surface area contributed by atoms with E-state index in [1.807, 2.05) is 116 Å². The molecule has 4 rings (SSSR count). The van der Waals surface area contributed by atoms with Gasteiger partial charge in [0.1, 0.15) is 0 Å². The van der Waals surface area contributed by atoms with E-state index in [9.17, 15) is 43.2 Å². The van der Waals surface area contributed by atoms with Gasteiger partial charge in [-0.15, -0.1) is 0 Å². The summed E-state index contributed by atoms with van der Waals surface area (Å²) >= 11 is 0. The van der Waals surface area contributed by atoms with Crippen LogP contribution in [-0.4, -0.2) is 184 Å². The quantitative estimate of drug-likeness (QED) is 0.0253. The fraction of sp³-hybridized carbons (Fsp3) is 0.653. The molecule has 17 amide bonds. The zero-order valence-electron chi connectivity index (χ0n) is 62.3. The van der Waals surface area contributed by atoms with Crippen molar-refractivity contribution in [2.24, 2.45) is 46.6 Å². The van der Waals surface area contributed by atoms with Crippen molar-refractivity contribution in [1.29, 1.82) is 0 Å². The molecule has 2 aromatic heterocycles. The number of fused-ring (bicyclic) bond motifs is 2. The number of aromatic amines is 2. The van der Waals surface area contributed by atoms with Gasteiger partial charge in [-0.25, -0.2) is 38.4 Å². The third-order valence-corrected chi connectivity index (χ3v) is 17.2. The molecule has 578 valence electrons. The number of hydrogen-bond donors (Lipinski definition) is 22. The molecule has 2 heterocycles. The number of benzene rings is 2. The average Bonchev–Trinajstić information content (AvgIpc) is 1.70. The lowest BCUT2D eigenvalue weighted by Crippen LogP contribution is -2.55. The van der Waals surface area contributed by atoms with Gasteiger partial charge in [-0.3, -0.25) is 4.79 Å². The lowest BCUT2D eigenvalue weighted by molar-refractivity contribution is -0.118. The van der Waals surface area contributed by atoms with E-state index in [1.54, 1.807) is 0 Å². The minimum atomic E-state index is -0.621. The Kier molecular flexibility index (Phi) is 41.0. The van der Waals surface area contributed by atoms with Crippen molar-refractivity contribution in [1.82, 2.24) is 95.0 Å². The average molecular weight is 1440 g/mol. The molecule has 0 aliphatic rings. The lowest BCUT2D eigenvalue weighted by atomic mass is 10.00. The Bertz CT molecular complexity index is 3160. The van der Waals surface area contributed by atoms with E-state index in [0.717, 1.165) is 32.9 Å². The normalized spacial score (nSPS) is 13.7. The van der Waals surface area contributed by atoms with Crippen LogP contribution in [0.15, 0.2) is 60.9 Å². The molecule has 0 bridgehead atoms. The number of unbranched alkanes of at least 4 members (excludes halogenated alkanes) is 3. The number of carbonyl (C=O) groups is 9. The summed E-state index contributed by atoms with van der Waals surface area (Å²) in [5.74, 6) is 0.448. The summed E-state index contributed by atoms with van der Waals surface area (Å²) in [6, 6.07) is 7.94. The maximum absolute atomic E-state index is 13.9. The molecule has 26 N–H and O–H groups in total. The second-order valence-corrected chi connectivity index (χ2v) is 28.7. The number of primary amides is 1. The SMILES string of the molecule is CC(C)CNC(=O)N[C@H](CNC(=O)N[C@@H](CCCCN)CNC(=O)N[C@H](CNC(=O)N[C@H](CNC(=O)N[C@@H](CCCCN)CNC(=O)N[C@H](CNC(=O)N[C@@H](CCCCN)CNC(=O)N[C@@H](CCC(N)=O)CC(C)C)Cc1c[nH]c2ccccc12)CC(C)C)Cc1c[nH]c2ccccc12)CC(C)C. The smallest absolute Gasteiger partial charge is 0.315 e. The number of nitrogens with one attached hydrogen (secondary N) is 18. The molecule has 31 nitrogen and oxygen atoms in total. The minimum Gasteiger partial charge on any atom is -0.370 e. The van der Waals surface area contributed by atoms with Crippen LogP contribution in [-0.2, 0) is 17.6 Å². The van der Waals surface area contributed by atoms with Gasteiger partial charge in [0.2, 0.25) is 5.91 Å². The second-order valence-electron chi connectivity index (χ2n) is 28.7. The maximum Gasteiger partial charge on any atom is 0.315 e. The molecule has 8 atom stereocenters. The second kappa shape index (κ2) is 48.8. The highest BCUT2D eigenvalue weighted by atomic mass is 16.2. The third-order valence-electron chi connectivity index (χ3n) is 17.2. The summed E-state index contributed by atoms with van der Waals surface area (Å²) in [6.45, 7) is 18.5. The summed E-state index contributed by atoms with van der Waals surface area (Å²) in [5, 5.41) is 49.2. The Balaban J connectivity index is 1.39. The minimum absolute atomic E-state index is 0.0173. The van der Waals surface area contributed by atoms with Crippen LogP contribution in [0.5, 0.6) is 0 Å². The van der Waals surface area contributed by atoms with Crippen LogP contribution in [0.2, 0.25) is 0 Å². The number of H-pyrrole nitrogens is 2. The van der Waals surface area contributed by atoms with Crippen molar-refractivity contribution in [3.63, 3.8) is 0 Å². The number of urea groups is 8. The first-order chi connectivity index (χ1) is 49.3. The van der Waals surface area contributed by atoms with Crippen LogP contribution in [0.3, 0.4) is 0 Å². The molecule has 31 heteroatoms. The number of para-hydroxylation sites is 2. The van der Waals surface area contributed by atoms with E-state index in [-0.39, 0.29) is 94.0 Å². The van der Waals surface area contributed by atoms with E-state index in [1.165, 1.54) is 0 Å². The standard InChI is InChI=1S/C72H126N22O9/c1-46(2)31-52(26-27-64(76)95)87-66(97)80-39-53(19-13-16-28-73)90-69(100)85-44-58(34-50-37-77-62-24-11-9-22-60(50)62)93-70(101)81-40-55(21-15-18-30-75)89-68(99)84-43-57(33-48(5)6)92-72(103)86-45-59(35-51-38-78-63-25-12-10-23-61(51)63)94-71(102)82-41-54(20-14-17-29-74)88-67(98)83-42-56(32-47(3)4)91-65(96)79-36-49(7)8/h9-12,22-25,37-38,46-49,52-59,77-78H,13-21,26-36,39-45,73-75H2,1-8H3,(H2,76,95)(H2,79,91,96)(H2,80,87,97)(H2,81,93,101)(H2,82,94,102)(H2,83,88,98)(H2,84,89,99)(H2,85,90,100)(H2,86,92,103)/t52-,53-,54-,55-,56-,57-,58-,59-/m0/s1. The summed E-state index contributed by atoms with van der Waals surface area (Å²) in [5.41, 5.74) is 26.6. The molecule has 0 fully saturated rings. The molecule has 0 radical (unpaired) electrons. The van der Waals surface area contributed by atoms with E-state index >= 15 is 0 Å². The van der Waals surface area contributed by atoms with Crippen LogP contribution in [0, 0.1) is 23.7 Å². The Hall–Kier alpha value is -8.97. The molecule has 2 aromatic carbocycles. The predicted octanol–water partition coefficient (Wildman–Crippen LogP) is 5.22. The summed E-state index contributed by atoms with van der Waals surface area (Å²) in [4.78, 5) is 126. The highest BCUT2D eigenvalue weighted by molar-refractivity contribution is 5.85. The third kappa shape index (κ3) is 37.7. The fourth-order valence-corrected chi connectivity index (χ4v) is 12.1. The van der Waals surface area contributed by atoms with Gasteiger partial charge < -0.3 is 118 Å². The van der Waals surface area contributed by atoms with Crippen LogP contribution in [0.4, 0.5) is 38.4 Å². The van der Waals surface area contributed by atoms with Crippen molar-refractivity contribution in [3.05, 3.63) is 72.1 Å². The Morgan fingerprint density at radius 1 is 0.330 bits per heavy atom. The van der Waals surface area contributed by atoms with Crippen LogP contribution in [0.25, 0.3) is 21.8 Å². The van der Waals surface area contributed by atoms with Crippen molar-refractivity contribution in [2.45, 2.75) is 206 Å². The molecular formula is C72H126N22O9. The largest absolute Gasteiger partial charge is 0.370 e. The molecule has 0 saturated carbocycles. The molecule has 0 aliphatic carbocycles. The Morgan fingerprint density at radius 2 is 0.602 bits per heavy atom. The maximum atomic E-state index is 13.9. The number of nitrogens with two attached hydrogens (primary N) is 4. The van der Waals surface area contributed by atoms with E-state index in [0.29, 0.717) is 122 Å². The predicted molar refractivity (Wildman–Crippen MR) is 407 cm³/mol. The van der Waals surface area contributed by atoms with Gasteiger partial charge in [0.05, 0.1) is 12.1 Å². The van der Waals surface area contributed by atoms with E-state index < -0.39 is 84.4 Å². The van der Waals surface area contributed by atoms with Gasteiger partial charge in [-0.05, 0) is 144 Å². The number of aromatic nitrogens is 2. The van der Waals surface area contributed by atoms with Gasteiger partial charge in [0.15, 0.2) is 0 Å². The summed E-state index contributed by atoms with van der Waals surface area (Å²) < 4.78 is 0. The van der Waals surface area contributed by atoms with Crippen molar-refractivity contribution in [3.8, 4) is 0 Å². The first kappa shape index (κ1) is 86.4. The lowest BCUT2D eigenvalue weighted by Gasteiger charge is -2.25. The fourth-order valence-electron chi connectivity index (χ4n) is 12.1. The molecule has 103 heavy (non-hydrogen) atoms. The topological polar surface area (TPSA) is 482 Å². The summed E-state index contributed by atoms with van der Waals surface area (Å²) in [6.07, 6.45) is 12.4. The number of amides is 17. The van der Waals surface area contributed by atoms with Crippen LogP contribution >= 0.6 is 0 Å². The zero-order chi connectivity index (χ0) is 75.5. The number of carbonyl (C=O) groups excluding carboxylic acids is 9. The van der Waals surface area contributed by atoms with Gasteiger partial charge in [0.25, 0.3) is 0 Å². The molecule has 0 unspecified atom stereocenters. The molecular weight excluding hydrogens is 1320 g/mol. The van der Waals surface area contributed by atoms with Gasteiger partial charge in [0, 0.05) is 129 Å². The zero-order valence-corrected chi connectivity index (χ0v) is 62.3. The highest BCUT2D eigenvalue weighted by Gasteiger charge is 2.25. The summed E-state index contributed by atoms with van der Waals surface area (Å²) in [7, 11) is 0. The first-order valence-corrected chi connectivity index (χ1v) is 37.1. The Labute approximate surface area is 608 Å². The monoisotopic (exact) mass is 1440 g/mol. The van der Waals surface area contributed by atoms with Crippen LogP contribution < -0.4 is 108 Å². The van der Waals surface area contributed by atoms with Gasteiger partial charge in [-0.1, -0.05) is 111 Å².